The first-order valence-electron chi connectivity index (χ1n) is 8.52. The Morgan fingerprint density at radius 1 is 1.30 bits per heavy atom. The number of anilines is 1. The highest BCUT2D eigenvalue weighted by atomic mass is 32.1. The Bertz CT molecular complexity index is 591. The molecule has 3 rings (SSSR count). The Balaban J connectivity index is 1.50. The maximum absolute atomic E-state index is 12.3. The van der Waals surface area contributed by atoms with Crippen LogP contribution >= 0.6 is 11.3 Å². The van der Waals surface area contributed by atoms with Crippen molar-refractivity contribution in [3.05, 3.63) is 16.5 Å². The van der Waals surface area contributed by atoms with Crippen molar-refractivity contribution in [2.24, 2.45) is 5.92 Å². The average Bonchev–Trinajstić information content (AvgIpc) is 3.41. The fourth-order valence-electron chi connectivity index (χ4n) is 2.77. The summed E-state index contributed by atoms with van der Waals surface area (Å²) in [6, 6.07) is 2.62. The number of amides is 2. The van der Waals surface area contributed by atoms with Crippen molar-refractivity contribution in [1.82, 2.24) is 10.2 Å². The zero-order valence-corrected chi connectivity index (χ0v) is 14.7. The molecule has 6 heteroatoms. The first-order chi connectivity index (χ1) is 11.1. The second-order valence-electron chi connectivity index (χ2n) is 6.50. The molecule has 2 saturated carbocycles. The van der Waals surface area contributed by atoms with Gasteiger partial charge in [0.2, 0.25) is 5.91 Å². The van der Waals surface area contributed by atoms with Gasteiger partial charge in [-0.3, -0.25) is 14.5 Å². The quantitative estimate of drug-likeness (QED) is 0.768. The van der Waals surface area contributed by atoms with Crippen LogP contribution in [0.25, 0.3) is 0 Å². The van der Waals surface area contributed by atoms with E-state index in [4.69, 9.17) is 0 Å². The van der Waals surface area contributed by atoms with Crippen LogP contribution in [0.15, 0.2) is 6.07 Å². The third kappa shape index (κ3) is 4.32. The van der Waals surface area contributed by atoms with Gasteiger partial charge in [-0.25, -0.2) is 0 Å². The first kappa shape index (κ1) is 16.5. The molecule has 0 radical (unpaired) electrons. The Labute approximate surface area is 141 Å². The van der Waals surface area contributed by atoms with E-state index in [0.717, 1.165) is 42.5 Å². The van der Waals surface area contributed by atoms with Crippen LogP contribution in [0.1, 0.15) is 47.8 Å². The molecule has 126 valence electrons. The lowest BCUT2D eigenvalue weighted by Gasteiger charge is -2.19. The van der Waals surface area contributed by atoms with E-state index < -0.39 is 0 Å². The number of carbonyl (C=O) groups excluding carboxylic acids is 2. The Kier molecular flexibility index (Phi) is 5.02. The number of hydrogen-bond acceptors (Lipinski definition) is 4. The van der Waals surface area contributed by atoms with Gasteiger partial charge in [0.25, 0.3) is 5.91 Å². The number of likely N-dealkylation sites (N-methyl/N-ethyl adjacent to an activating group) is 1. The number of aryl methyl sites for hydroxylation is 1. The molecule has 2 aliphatic rings. The van der Waals surface area contributed by atoms with Gasteiger partial charge in [0.1, 0.15) is 0 Å². The highest BCUT2D eigenvalue weighted by Crippen LogP contribution is 2.32. The highest BCUT2D eigenvalue weighted by Gasteiger charge is 2.30. The zero-order chi connectivity index (χ0) is 16.4. The summed E-state index contributed by atoms with van der Waals surface area (Å²) in [6.45, 7) is 6.70. The third-order valence-electron chi connectivity index (χ3n) is 4.47. The van der Waals surface area contributed by atoms with E-state index in [9.17, 15) is 9.59 Å². The smallest absolute Gasteiger partial charge is 0.261 e. The van der Waals surface area contributed by atoms with E-state index in [2.05, 4.69) is 22.5 Å². The van der Waals surface area contributed by atoms with Crippen LogP contribution < -0.4 is 10.6 Å². The van der Waals surface area contributed by atoms with Crippen molar-refractivity contribution in [2.75, 3.05) is 25.0 Å². The van der Waals surface area contributed by atoms with Gasteiger partial charge in [-0.1, -0.05) is 6.92 Å². The van der Waals surface area contributed by atoms with Crippen LogP contribution in [0.5, 0.6) is 0 Å². The van der Waals surface area contributed by atoms with Gasteiger partial charge in [-0.05, 0) is 50.8 Å². The summed E-state index contributed by atoms with van der Waals surface area (Å²) in [5.41, 5.74) is 0.924. The molecule has 2 amide bonds. The van der Waals surface area contributed by atoms with Gasteiger partial charge in [0, 0.05) is 25.0 Å². The molecule has 2 aliphatic carbocycles. The molecule has 23 heavy (non-hydrogen) atoms. The van der Waals surface area contributed by atoms with E-state index in [0.29, 0.717) is 11.4 Å². The van der Waals surface area contributed by atoms with Gasteiger partial charge >= 0.3 is 0 Å². The molecule has 2 fully saturated rings. The maximum Gasteiger partial charge on any atom is 0.261 e. The SMILES string of the molecule is CCN(CCNC(=O)c1sc(NC(=O)C2CC2)cc1C)C1CC1. The van der Waals surface area contributed by atoms with E-state index >= 15 is 0 Å². The lowest BCUT2D eigenvalue weighted by molar-refractivity contribution is -0.117. The number of carbonyl (C=O) groups is 2. The van der Waals surface area contributed by atoms with Crippen LogP contribution in [0, 0.1) is 12.8 Å². The van der Waals surface area contributed by atoms with Gasteiger partial charge in [-0.2, -0.15) is 0 Å². The molecule has 2 N–H and O–H groups in total. The molecule has 1 aromatic rings. The Hall–Kier alpha value is -1.40. The van der Waals surface area contributed by atoms with Crippen LogP contribution in [-0.2, 0) is 4.79 Å². The lowest BCUT2D eigenvalue weighted by Crippen LogP contribution is -2.36. The van der Waals surface area contributed by atoms with E-state index in [1.54, 1.807) is 0 Å². The summed E-state index contributed by atoms with van der Waals surface area (Å²) in [5.74, 6) is 0.227. The van der Waals surface area contributed by atoms with Crippen LogP contribution in [0.3, 0.4) is 0 Å². The molecule has 1 aromatic heterocycles. The number of hydrogen-bond donors (Lipinski definition) is 2. The van der Waals surface area contributed by atoms with Crippen LogP contribution in [-0.4, -0.2) is 42.4 Å². The van der Waals surface area contributed by atoms with Gasteiger partial charge in [-0.15, -0.1) is 11.3 Å². The van der Waals surface area contributed by atoms with Crippen molar-refractivity contribution in [1.29, 1.82) is 0 Å². The second-order valence-corrected chi connectivity index (χ2v) is 7.55. The Morgan fingerprint density at radius 3 is 2.65 bits per heavy atom. The fraction of sp³-hybridized carbons (Fsp3) is 0.647. The molecule has 5 nitrogen and oxygen atoms in total. The summed E-state index contributed by atoms with van der Waals surface area (Å²) >= 11 is 1.37. The normalized spacial score (nSPS) is 17.3. The predicted molar refractivity (Wildman–Crippen MR) is 93.0 cm³/mol. The zero-order valence-electron chi connectivity index (χ0n) is 13.9. The topological polar surface area (TPSA) is 61.4 Å². The summed E-state index contributed by atoms with van der Waals surface area (Å²) in [4.78, 5) is 27.3. The van der Waals surface area contributed by atoms with E-state index in [1.165, 1.54) is 24.2 Å². The lowest BCUT2D eigenvalue weighted by atomic mass is 10.2. The molecular weight excluding hydrogens is 310 g/mol. The third-order valence-corrected chi connectivity index (χ3v) is 5.62. The number of rotatable bonds is 8. The van der Waals surface area contributed by atoms with Crippen molar-refractivity contribution >= 4 is 28.2 Å². The molecule has 1 heterocycles. The maximum atomic E-state index is 12.3. The van der Waals surface area contributed by atoms with E-state index in [1.807, 2.05) is 13.0 Å². The summed E-state index contributed by atoms with van der Waals surface area (Å²) in [6.07, 6.45) is 4.54. The van der Waals surface area contributed by atoms with Gasteiger partial charge in [0.15, 0.2) is 0 Å². The molecule has 0 bridgehead atoms. The number of thiophene rings is 1. The molecule has 0 atom stereocenters. The fourth-order valence-corrected chi connectivity index (χ4v) is 3.76. The van der Waals surface area contributed by atoms with Crippen molar-refractivity contribution in [3.8, 4) is 0 Å². The first-order valence-corrected chi connectivity index (χ1v) is 9.33. The monoisotopic (exact) mass is 335 g/mol. The highest BCUT2D eigenvalue weighted by molar-refractivity contribution is 7.18. The largest absolute Gasteiger partial charge is 0.350 e. The average molecular weight is 335 g/mol. The summed E-state index contributed by atoms with van der Waals surface area (Å²) in [7, 11) is 0. The minimum absolute atomic E-state index is 0.0359. The minimum atomic E-state index is -0.0359. The van der Waals surface area contributed by atoms with Crippen molar-refractivity contribution < 1.29 is 9.59 Å². The molecule has 0 aliphatic heterocycles. The van der Waals surface area contributed by atoms with Gasteiger partial charge in [0.05, 0.1) is 9.88 Å². The van der Waals surface area contributed by atoms with Gasteiger partial charge < -0.3 is 10.6 Å². The van der Waals surface area contributed by atoms with Crippen molar-refractivity contribution in [3.63, 3.8) is 0 Å². The van der Waals surface area contributed by atoms with Crippen molar-refractivity contribution in [2.45, 2.75) is 45.6 Å². The molecule has 0 aromatic carbocycles. The minimum Gasteiger partial charge on any atom is -0.350 e. The predicted octanol–water partition coefficient (Wildman–Crippen LogP) is 2.62. The molecule has 0 spiro atoms. The molecule has 0 saturated heterocycles. The summed E-state index contributed by atoms with van der Waals surface area (Å²) < 4.78 is 0. The van der Waals surface area contributed by atoms with Crippen LogP contribution in [0.2, 0.25) is 0 Å². The number of nitrogens with one attached hydrogen (secondary N) is 2. The molecule has 0 unspecified atom stereocenters. The second kappa shape index (κ2) is 7.01. The summed E-state index contributed by atoms with van der Waals surface area (Å²) in [5, 5.41) is 6.70. The van der Waals surface area contributed by atoms with E-state index in [-0.39, 0.29) is 17.7 Å². The standard InChI is InChI=1S/C17H25N3O2S/c1-3-20(13-6-7-13)9-8-18-17(22)15-11(2)10-14(23-15)19-16(21)12-4-5-12/h10,12-13H,3-9H2,1-2H3,(H,18,22)(H,19,21). The van der Waals surface area contributed by atoms with Crippen LogP contribution in [0.4, 0.5) is 5.00 Å². The number of nitrogens with zero attached hydrogens (tertiary/aromatic N) is 1. The Morgan fingerprint density at radius 2 is 2.04 bits per heavy atom. The molecular formula is C17H25N3O2S.